The number of anilines is 1. The Morgan fingerprint density at radius 3 is 2.96 bits per heavy atom. The van der Waals surface area contributed by atoms with E-state index in [1.54, 1.807) is 12.5 Å². The number of aromatic amines is 2. The van der Waals surface area contributed by atoms with Crippen LogP contribution in [0.5, 0.6) is 0 Å². The third kappa shape index (κ3) is 1.97. The van der Waals surface area contributed by atoms with Crippen LogP contribution in [0, 0.1) is 11.8 Å². The van der Waals surface area contributed by atoms with Crippen molar-refractivity contribution in [1.29, 1.82) is 0 Å². The lowest BCUT2D eigenvalue weighted by Crippen LogP contribution is -2.28. The van der Waals surface area contributed by atoms with Crippen molar-refractivity contribution in [2.45, 2.75) is 25.3 Å². The summed E-state index contributed by atoms with van der Waals surface area (Å²) in [6, 6.07) is 0.0649. The molecule has 3 aromatic rings. The highest BCUT2D eigenvalue weighted by Crippen LogP contribution is 2.50. The van der Waals surface area contributed by atoms with E-state index in [0.29, 0.717) is 11.7 Å². The number of rotatable bonds is 3. The summed E-state index contributed by atoms with van der Waals surface area (Å²) in [6.45, 7) is 0.915. The van der Waals surface area contributed by atoms with E-state index < -0.39 is 0 Å². The molecule has 5 rings (SSSR count). The number of H-pyrrole nitrogens is 2. The number of nitrogens with one attached hydrogen (secondary N) is 2. The Bertz CT molecular complexity index is 906. The van der Waals surface area contributed by atoms with E-state index in [0.717, 1.165) is 30.2 Å². The van der Waals surface area contributed by atoms with Crippen LogP contribution in [0.2, 0.25) is 0 Å². The standard InChI is InChI=1S/C15H17N7O/c23-15-18-13(19-20-15)12-10(9-1-2-9)3-5-22(12)14-11-7-16-8-21(11)6-4-17-14/h4,6-10,12H,1-3,5H2,(H2,18,19,20,23). The van der Waals surface area contributed by atoms with Gasteiger partial charge in [0.05, 0.1) is 18.6 Å². The molecule has 3 aromatic heterocycles. The van der Waals surface area contributed by atoms with Crippen molar-refractivity contribution in [3.63, 3.8) is 0 Å². The fraction of sp³-hybridized carbons (Fsp3) is 0.467. The van der Waals surface area contributed by atoms with Crippen LogP contribution < -0.4 is 10.6 Å². The Morgan fingerprint density at radius 1 is 1.26 bits per heavy atom. The van der Waals surface area contributed by atoms with Gasteiger partial charge in [0, 0.05) is 18.9 Å². The van der Waals surface area contributed by atoms with Gasteiger partial charge in [-0.25, -0.2) is 19.9 Å². The minimum absolute atomic E-state index is 0.0649. The molecule has 4 heterocycles. The zero-order valence-electron chi connectivity index (χ0n) is 12.5. The van der Waals surface area contributed by atoms with Gasteiger partial charge in [-0.2, -0.15) is 5.10 Å². The lowest BCUT2D eigenvalue weighted by atomic mass is 9.94. The Balaban J connectivity index is 1.63. The molecule has 0 radical (unpaired) electrons. The van der Waals surface area contributed by atoms with Crippen molar-refractivity contribution < 1.29 is 0 Å². The Morgan fingerprint density at radius 2 is 2.17 bits per heavy atom. The molecule has 1 saturated heterocycles. The smallest absolute Gasteiger partial charge is 0.340 e. The molecule has 23 heavy (non-hydrogen) atoms. The van der Waals surface area contributed by atoms with E-state index >= 15 is 0 Å². The molecule has 0 aromatic carbocycles. The maximum Gasteiger partial charge on any atom is 0.340 e. The second kappa shape index (κ2) is 4.68. The van der Waals surface area contributed by atoms with E-state index in [-0.39, 0.29) is 11.7 Å². The summed E-state index contributed by atoms with van der Waals surface area (Å²) >= 11 is 0. The maximum absolute atomic E-state index is 11.5. The first-order valence-corrected chi connectivity index (χ1v) is 7.99. The molecule has 0 spiro atoms. The third-order valence-corrected chi connectivity index (χ3v) is 5.06. The fourth-order valence-corrected chi connectivity index (χ4v) is 3.91. The predicted molar refractivity (Wildman–Crippen MR) is 83.1 cm³/mol. The average molecular weight is 311 g/mol. The van der Waals surface area contributed by atoms with Crippen LogP contribution in [-0.2, 0) is 0 Å². The van der Waals surface area contributed by atoms with E-state index in [4.69, 9.17) is 0 Å². The van der Waals surface area contributed by atoms with E-state index in [9.17, 15) is 4.79 Å². The zero-order valence-corrected chi connectivity index (χ0v) is 12.5. The van der Waals surface area contributed by atoms with Crippen LogP contribution in [0.25, 0.3) is 5.52 Å². The first-order chi connectivity index (χ1) is 11.3. The van der Waals surface area contributed by atoms with Crippen molar-refractivity contribution in [1.82, 2.24) is 29.5 Å². The summed E-state index contributed by atoms with van der Waals surface area (Å²) in [5.74, 6) is 2.86. The van der Waals surface area contributed by atoms with Gasteiger partial charge in [-0.15, -0.1) is 0 Å². The number of imidazole rings is 1. The molecular formula is C15H17N7O. The molecule has 8 heteroatoms. The summed E-state index contributed by atoms with van der Waals surface area (Å²) in [5.41, 5.74) is 0.726. The van der Waals surface area contributed by atoms with Crippen molar-refractivity contribution >= 4 is 11.3 Å². The minimum Gasteiger partial charge on any atom is -0.344 e. The second-order valence-corrected chi connectivity index (χ2v) is 6.43. The summed E-state index contributed by atoms with van der Waals surface area (Å²) < 4.78 is 1.97. The van der Waals surface area contributed by atoms with E-state index in [1.807, 2.05) is 16.8 Å². The molecule has 118 valence electrons. The maximum atomic E-state index is 11.5. The lowest BCUT2D eigenvalue weighted by molar-refractivity contribution is 0.414. The van der Waals surface area contributed by atoms with Crippen molar-refractivity contribution in [2.24, 2.45) is 11.8 Å². The van der Waals surface area contributed by atoms with Gasteiger partial charge in [-0.1, -0.05) is 0 Å². The molecule has 1 saturated carbocycles. The van der Waals surface area contributed by atoms with Crippen LogP contribution in [-0.4, -0.2) is 36.1 Å². The van der Waals surface area contributed by atoms with Gasteiger partial charge >= 0.3 is 5.69 Å². The van der Waals surface area contributed by atoms with Gasteiger partial charge < -0.3 is 9.30 Å². The number of fused-ring (bicyclic) bond motifs is 1. The number of nitrogens with zero attached hydrogens (tertiary/aromatic N) is 5. The van der Waals surface area contributed by atoms with Crippen molar-refractivity contribution in [3.8, 4) is 0 Å². The van der Waals surface area contributed by atoms with Crippen LogP contribution in [0.4, 0.5) is 5.82 Å². The van der Waals surface area contributed by atoms with Crippen molar-refractivity contribution in [3.05, 3.63) is 41.2 Å². The minimum atomic E-state index is -0.253. The average Bonchev–Trinajstić information content (AvgIpc) is 2.99. The van der Waals surface area contributed by atoms with E-state index in [2.05, 4.69) is 30.0 Å². The summed E-state index contributed by atoms with van der Waals surface area (Å²) in [7, 11) is 0. The quantitative estimate of drug-likeness (QED) is 0.756. The Hall–Kier alpha value is -2.64. The SMILES string of the molecule is O=c1[nH]nc(C2C(C3CC3)CCN2c2nccn3cncc23)[nH]1. The molecular weight excluding hydrogens is 294 g/mol. The first-order valence-electron chi connectivity index (χ1n) is 7.99. The summed E-state index contributed by atoms with van der Waals surface area (Å²) in [4.78, 5) is 25.5. The van der Waals surface area contributed by atoms with Crippen LogP contribution in [0.15, 0.2) is 29.7 Å². The molecule has 2 unspecified atom stereocenters. The first kappa shape index (κ1) is 12.9. The highest BCUT2D eigenvalue weighted by molar-refractivity contribution is 5.69. The highest BCUT2D eigenvalue weighted by atomic mass is 16.1. The zero-order chi connectivity index (χ0) is 15.4. The molecule has 0 bridgehead atoms. The molecule has 2 fully saturated rings. The predicted octanol–water partition coefficient (Wildman–Crippen LogP) is 1.12. The monoisotopic (exact) mass is 311 g/mol. The highest BCUT2D eigenvalue weighted by Gasteiger charge is 2.46. The third-order valence-electron chi connectivity index (χ3n) is 5.06. The Labute approximate surface area is 131 Å². The number of hydrogen-bond acceptors (Lipinski definition) is 5. The molecule has 1 aliphatic carbocycles. The van der Waals surface area contributed by atoms with E-state index in [1.165, 1.54) is 12.8 Å². The Kier molecular flexibility index (Phi) is 2.61. The molecule has 0 amide bonds. The topological polar surface area (TPSA) is 95.0 Å². The molecule has 2 atom stereocenters. The van der Waals surface area contributed by atoms with Gasteiger partial charge in [0.1, 0.15) is 5.52 Å². The second-order valence-electron chi connectivity index (χ2n) is 6.43. The van der Waals surface area contributed by atoms with Gasteiger partial charge in [-0.3, -0.25) is 4.98 Å². The van der Waals surface area contributed by atoms with Gasteiger partial charge in [0.25, 0.3) is 0 Å². The summed E-state index contributed by atoms with van der Waals surface area (Å²) in [5, 5.41) is 6.72. The molecule has 1 aliphatic heterocycles. The van der Waals surface area contributed by atoms with Gasteiger partial charge in [-0.05, 0) is 31.1 Å². The lowest BCUT2D eigenvalue weighted by Gasteiger charge is -2.27. The molecule has 8 nitrogen and oxygen atoms in total. The molecule has 2 aliphatic rings. The normalized spacial score (nSPS) is 24.6. The van der Waals surface area contributed by atoms with Gasteiger partial charge in [0.15, 0.2) is 11.6 Å². The van der Waals surface area contributed by atoms with Gasteiger partial charge in [0.2, 0.25) is 0 Å². The summed E-state index contributed by atoms with van der Waals surface area (Å²) in [6.07, 6.45) is 10.9. The van der Waals surface area contributed by atoms with Crippen molar-refractivity contribution in [2.75, 3.05) is 11.4 Å². The number of aromatic nitrogens is 6. The fourth-order valence-electron chi connectivity index (χ4n) is 3.91. The largest absolute Gasteiger partial charge is 0.344 e. The molecule has 2 N–H and O–H groups in total. The van der Waals surface area contributed by atoms with Crippen LogP contribution in [0.3, 0.4) is 0 Å². The van der Waals surface area contributed by atoms with Crippen LogP contribution >= 0.6 is 0 Å². The number of hydrogen-bond donors (Lipinski definition) is 2. The van der Waals surface area contributed by atoms with Crippen LogP contribution in [0.1, 0.15) is 31.1 Å².